The quantitative estimate of drug-likeness (QED) is 0.503. The first-order valence-corrected chi connectivity index (χ1v) is 8.47. The largest absolute Gasteiger partial charge is 0.492 e. The van der Waals surface area contributed by atoms with E-state index in [0.29, 0.717) is 6.61 Å². The normalized spacial score (nSPS) is 11.4. The van der Waals surface area contributed by atoms with Gasteiger partial charge in [-0.05, 0) is 25.1 Å². The third kappa shape index (κ3) is 3.21. The van der Waals surface area contributed by atoms with Crippen molar-refractivity contribution in [2.24, 2.45) is 5.10 Å². The predicted octanol–water partition coefficient (Wildman–Crippen LogP) is 3.50. The van der Waals surface area contributed by atoms with Crippen molar-refractivity contribution in [3.8, 4) is 5.75 Å². The van der Waals surface area contributed by atoms with E-state index < -0.39 is 0 Å². The lowest BCUT2D eigenvalue weighted by Gasteiger charge is -2.10. The topological polar surface area (TPSA) is 57.2 Å². The summed E-state index contributed by atoms with van der Waals surface area (Å²) in [7, 11) is 0. The second-order valence-corrected chi connectivity index (χ2v) is 5.92. The molecule has 0 bridgehead atoms. The fourth-order valence-electron chi connectivity index (χ4n) is 3.06. The average molecular weight is 345 g/mol. The molecule has 0 aliphatic rings. The molecule has 0 N–H and O–H groups in total. The molecule has 26 heavy (non-hydrogen) atoms. The number of nitrogens with zero attached hydrogens (tertiary/aromatic N) is 5. The Kier molecular flexibility index (Phi) is 4.47. The molecule has 0 saturated heterocycles. The summed E-state index contributed by atoms with van der Waals surface area (Å²) in [6.07, 6.45) is 4.99. The van der Waals surface area contributed by atoms with Crippen LogP contribution in [0.25, 0.3) is 10.9 Å². The highest BCUT2D eigenvalue weighted by atomic mass is 16.5. The van der Waals surface area contributed by atoms with E-state index >= 15 is 0 Å². The third-order valence-corrected chi connectivity index (χ3v) is 4.33. The van der Waals surface area contributed by atoms with Gasteiger partial charge in [0.2, 0.25) is 0 Å². The number of ether oxygens (including phenoxy) is 1. The molecule has 0 unspecified atom stereocenters. The van der Waals surface area contributed by atoms with Gasteiger partial charge in [0, 0.05) is 22.2 Å². The molecule has 0 spiro atoms. The van der Waals surface area contributed by atoms with E-state index in [4.69, 9.17) is 4.74 Å². The first kappa shape index (κ1) is 16.1. The minimum absolute atomic E-state index is 0.603. The van der Waals surface area contributed by atoms with E-state index in [1.165, 1.54) is 10.9 Å². The molecule has 6 nitrogen and oxygen atoms in total. The molecular weight excluding hydrogens is 326 g/mol. The van der Waals surface area contributed by atoms with Crippen LogP contribution >= 0.6 is 0 Å². The number of benzene rings is 2. The van der Waals surface area contributed by atoms with E-state index in [2.05, 4.69) is 45.0 Å². The van der Waals surface area contributed by atoms with Crippen molar-refractivity contribution in [1.29, 1.82) is 0 Å². The summed E-state index contributed by atoms with van der Waals surface area (Å²) in [5.74, 6) is 0.885. The minimum atomic E-state index is 0.603. The predicted molar refractivity (Wildman–Crippen MR) is 102 cm³/mol. The van der Waals surface area contributed by atoms with Crippen LogP contribution in [0.15, 0.2) is 72.4 Å². The molecule has 2 heterocycles. The summed E-state index contributed by atoms with van der Waals surface area (Å²) < 4.78 is 9.72. The van der Waals surface area contributed by atoms with E-state index in [1.54, 1.807) is 17.3 Å². The fourth-order valence-corrected chi connectivity index (χ4v) is 3.06. The molecule has 4 rings (SSSR count). The monoisotopic (exact) mass is 345 g/mol. The van der Waals surface area contributed by atoms with E-state index in [1.807, 2.05) is 42.6 Å². The van der Waals surface area contributed by atoms with Gasteiger partial charge in [-0.2, -0.15) is 5.10 Å². The summed E-state index contributed by atoms with van der Waals surface area (Å²) in [5, 5.41) is 13.1. The Labute approximate surface area is 151 Å². The summed E-state index contributed by atoms with van der Waals surface area (Å²) in [6.45, 7) is 3.48. The summed E-state index contributed by atoms with van der Waals surface area (Å²) in [4.78, 5) is 0. The Morgan fingerprint density at radius 1 is 1.00 bits per heavy atom. The number of fused-ring (bicyclic) bond motifs is 1. The average Bonchev–Trinajstić information content (AvgIpc) is 3.28. The fraction of sp³-hybridized carbons (Fsp3) is 0.150. The van der Waals surface area contributed by atoms with Gasteiger partial charge in [-0.3, -0.25) is 0 Å². The van der Waals surface area contributed by atoms with Crippen molar-refractivity contribution < 1.29 is 4.74 Å². The van der Waals surface area contributed by atoms with Crippen LogP contribution < -0.4 is 4.74 Å². The highest BCUT2D eigenvalue weighted by Gasteiger charge is 2.12. The van der Waals surface area contributed by atoms with Crippen LogP contribution in [0.2, 0.25) is 0 Å². The van der Waals surface area contributed by atoms with Gasteiger partial charge in [-0.15, -0.1) is 10.2 Å². The van der Waals surface area contributed by atoms with Crippen molar-refractivity contribution in [2.45, 2.75) is 13.5 Å². The molecule has 2 aromatic carbocycles. The van der Waals surface area contributed by atoms with Crippen LogP contribution in [0, 0.1) is 6.92 Å². The van der Waals surface area contributed by atoms with Gasteiger partial charge >= 0.3 is 0 Å². The summed E-state index contributed by atoms with van der Waals surface area (Å²) in [5.41, 5.74) is 3.42. The molecule has 0 fully saturated rings. The summed E-state index contributed by atoms with van der Waals surface area (Å²) in [6, 6.07) is 18.2. The highest BCUT2D eigenvalue weighted by Crippen LogP contribution is 2.24. The van der Waals surface area contributed by atoms with Crippen LogP contribution in [0.1, 0.15) is 11.3 Å². The van der Waals surface area contributed by atoms with Crippen LogP contribution in [0.5, 0.6) is 5.75 Å². The third-order valence-electron chi connectivity index (χ3n) is 4.33. The lowest BCUT2D eigenvalue weighted by atomic mass is 10.1. The van der Waals surface area contributed by atoms with Crippen LogP contribution in [-0.4, -0.2) is 32.3 Å². The Morgan fingerprint density at radius 2 is 1.73 bits per heavy atom. The molecule has 130 valence electrons. The maximum absolute atomic E-state index is 5.87. The van der Waals surface area contributed by atoms with Crippen LogP contribution in [0.4, 0.5) is 0 Å². The lowest BCUT2D eigenvalue weighted by Crippen LogP contribution is -2.09. The zero-order valence-electron chi connectivity index (χ0n) is 14.5. The first-order valence-electron chi connectivity index (χ1n) is 8.47. The first-order chi connectivity index (χ1) is 12.8. The van der Waals surface area contributed by atoms with Gasteiger partial charge in [-0.1, -0.05) is 36.4 Å². The molecule has 0 aliphatic heterocycles. The summed E-state index contributed by atoms with van der Waals surface area (Å²) >= 11 is 0. The molecule has 2 aromatic heterocycles. The Bertz CT molecular complexity index is 1020. The van der Waals surface area contributed by atoms with E-state index in [9.17, 15) is 0 Å². The van der Waals surface area contributed by atoms with Crippen molar-refractivity contribution in [3.05, 3.63) is 78.5 Å². The maximum Gasteiger partial charge on any atom is 0.141 e. The smallest absolute Gasteiger partial charge is 0.141 e. The molecule has 6 heteroatoms. The molecule has 0 aliphatic carbocycles. The molecule has 0 radical (unpaired) electrons. The van der Waals surface area contributed by atoms with E-state index in [0.717, 1.165) is 23.6 Å². The molecule has 4 aromatic rings. The number of hydrogen-bond acceptors (Lipinski definition) is 4. The van der Waals surface area contributed by atoms with Gasteiger partial charge in [0.05, 0.1) is 12.8 Å². The molecular formula is C20H19N5O. The number of hydrogen-bond donors (Lipinski definition) is 0. The van der Waals surface area contributed by atoms with Crippen molar-refractivity contribution in [1.82, 2.24) is 19.4 Å². The second-order valence-electron chi connectivity index (χ2n) is 5.92. The van der Waals surface area contributed by atoms with Crippen molar-refractivity contribution in [3.63, 3.8) is 0 Å². The Hall–Kier alpha value is -3.41. The van der Waals surface area contributed by atoms with E-state index in [-0.39, 0.29) is 0 Å². The zero-order chi connectivity index (χ0) is 17.8. The Balaban J connectivity index is 1.61. The van der Waals surface area contributed by atoms with Crippen molar-refractivity contribution in [2.75, 3.05) is 6.61 Å². The van der Waals surface area contributed by atoms with Gasteiger partial charge in [0.15, 0.2) is 0 Å². The highest BCUT2D eigenvalue weighted by molar-refractivity contribution is 6.01. The minimum Gasteiger partial charge on any atom is -0.492 e. The van der Waals surface area contributed by atoms with Gasteiger partial charge < -0.3 is 9.30 Å². The standard InChI is InChI=1S/C20H19N5O/c1-16-19(13-23-24-14-21-22-15-24)18-9-5-6-10-20(18)25(16)11-12-26-17-7-3-2-4-8-17/h2-10,13-15H,11-12H2,1H3. The number of para-hydroxylation sites is 2. The second kappa shape index (κ2) is 7.23. The number of rotatable bonds is 6. The Morgan fingerprint density at radius 3 is 2.54 bits per heavy atom. The van der Waals surface area contributed by atoms with Gasteiger partial charge in [0.25, 0.3) is 0 Å². The van der Waals surface area contributed by atoms with Gasteiger partial charge in [0.1, 0.15) is 25.0 Å². The maximum atomic E-state index is 5.87. The molecule has 0 saturated carbocycles. The van der Waals surface area contributed by atoms with Crippen LogP contribution in [0.3, 0.4) is 0 Å². The molecule has 0 atom stereocenters. The van der Waals surface area contributed by atoms with Crippen molar-refractivity contribution >= 4 is 17.1 Å². The molecule has 0 amide bonds. The van der Waals surface area contributed by atoms with Crippen LogP contribution in [-0.2, 0) is 6.54 Å². The lowest BCUT2D eigenvalue weighted by molar-refractivity contribution is 0.299. The number of aromatic nitrogens is 4. The van der Waals surface area contributed by atoms with Gasteiger partial charge in [-0.25, -0.2) is 4.68 Å². The SMILES string of the molecule is Cc1c(C=Nn2cnnc2)c2ccccc2n1CCOc1ccccc1. The zero-order valence-corrected chi connectivity index (χ0v) is 14.5.